The van der Waals surface area contributed by atoms with Crippen molar-refractivity contribution >= 4 is 70.4 Å². The summed E-state index contributed by atoms with van der Waals surface area (Å²) in [7, 11) is 0. The van der Waals surface area contributed by atoms with Gasteiger partial charge >= 0.3 is 0 Å². The molecule has 0 spiro atoms. The molecule has 0 aromatic heterocycles. The van der Waals surface area contributed by atoms with Gasteiger partial charge in [-0.15, -0.1) is 24.0 Å². The maximum atomic E-state index is 4.83. The summed E-state index contributed by atoms with van der Waals surface area (Å²) in [6.45, 7) is 0. The van der Waals surface area contributed by atoms with Gasteiger partial charge in [0.1, 0.15) is 0 Å². The standard InChI is InChI=1S/CCl4.HI/c2-1(3,4)5;/h;1H. The molecule has 0 nitrogen and oxygen atoms in total. The van der Waals surface area contributed by atoms with Gasteiger partial charge in [0, 0.05) is 0 Å². The first-order valence-electron chi connectivity index (χ1n) is 0.756. The van der Waals surface area contributed by atoms with Gasteiger partial charge in [0.05, 0.1) is 0 Å². The van der Waals surface area contributed by atoms with Crippen LogP contribution in [0.25, 0.3) is 0 Å². The quantitative estimate of drug-likeness (QED) is 0.473. The topological polar surface area (TPSA) is 0 Å². The third kappa shape index (κ3) is 39.4. The van der Waals surface area contributed by atoms with E-state index in [9.17, 15) is 0 Å². The lowest BCUT2D eigenvalue weighted by atomic mass is 11.8. The number of hydrogen-bond donors (Lipinski definition) is 0. The Hall–Kier alpha value is 1.89. The molecule has 0 rings (SSSR count). The summed E-state index contributed by atoms with van der Waals surface area (Å²) < 4.78 is -1.61. The van der Waals surface area contributed by atoms with Gasteiger partial charge in [0.25, 0.3) is 3.25 Å². The van der Waals surface area contributed by atoms with Crippen molar-refractivity contribution in [3.63, 3.8) is 0 Å². The molecule has 0 aromatic carbocycles. The van der Waals surface area contributed by atoms with Crippen LogP contribution in [0.2, 0.25) is 0 Å². The predicted octanol–water partition coefficient (Wildman–Crippen LogP) is 3.17. The Kier molecular flexibility index (Phi) is 6.91. The molecule has 0 aliphatic heterocycles. The second-order valence-corrected chi connectivity index (χ2v) is 3.86. The molecule has 40 valence electrons. The van der Waals surface area contributed by atoms with Crippen LogP contribution in [-0.2, 0) is 0 Å². The second kappa shape index (κ2) is 3.84. The average molecular weight is 282 g/mol. The fourth-order valence-corrected chi connectivity index (χ4v) is 0. The van der Waals surface area contributed by atoms with Crippen LogP contribution < -0.4 is 0 Å². The summed E-state index contributed by atoms with van der Waals surface area (Å²) >= 11 is 19.3. The minimum atomic E-state index is -1.61. The molecule has 0 bridgehead atoms. The lowest BCUT2D eigenvalue weighted by molar-refractivity contribution is 1.76. The van der Waals surface area contributed by atoms with E-state index in [0.717, 1.165) is 0 Å². The van der Waals surface area contributed by atoms with E-state index >= 15 is 0 Å². The summed E-state index contributed by atoms with van der Waals surface area (Å²) in [5.41, 5.74) is 0. The Bertz CT molecular complexity index is 23.0. The molecule has 0 heterocycles. The minimum absolute atomic E-state index is 0. The van der Waals surface area contributed by atoms with Crippen LogP contribution in [0.15, 0.2) is 0 Å². The van der Waals surface area contributed by atoms with Crippen molar-refractivity contribution in [1.82, 2.24) is 0 Å². The zero-order valence-corrected chi connectivity index (χ0v) is 7.77. The molecule has 0 aliphatic rings. The monoisotopic (exact) mass is 280 g/mol. The van der Waals surface area contributed by atoms with Gasteiger partial charge in [-0.3, -0.25) is 0 Å². The Labute approximate surface area is 73.1 Å². The van der Waals surface area contributed by atoms with Crippen molar-refractivity contribution in [2.45, 2.75) is 3.25 Å². The molecule has 0 N–H and O–H groups in total. The van der Waals surface area contributed by atoms with Gasteiger partial charge in [0.2, 0.25) is 0 Å². The van der Waals surface area contributed by atoms with Crippen LogP contribution in [0.5, 0.6) is 0 Å². The molecule has 5 heteroatoms. The number of alkyl halides is 4. The van der Waals surface area contributed by atoms with Crippen LogP contribution in [0.1, 0.15) is 0 Å². The minimum Gasteiger partial charge on any atom is -0.107 e. The summed E-state index contributed by atoms with van der Waals surface area (Å²) in [6, 6.07) is 0. The normalized spacial score (nSPS) is 10.0. The highest BCUT2D eigenvalue weighted by Crippen LogP contribution is 2.29. The highest BCUT2D eigenvalue weighted by Gasteiger charge is 2.11. The van der Waals surface area contributed by atoms with E-state index in [-0.39, 0.29) is 24.0 Å². The van der Waals surface area contributed by atoms with Crippen LogP contribution in [0.4, 0.5) is 0 Å². The van der Waals surface area contributed by atoms with Gasteiger partial charge in [-0.2, -0.15) is 0 Å². The van der Waals surface area contributed by atoms with Gasteiger partial charge < -0.3 is 0 Å². The molecule has 6 heavy (non-hydrogen) atoms. The van der Waals surface area contributed by atoms with E-state index in [1.807, 2.05) is 0 Å². The number of hydrogen-bond acceptors (Lipinski definition) is 0. The molecule has 0 saturated carbocycles. The fraction of sp³-hybridized carbons (Fsp3) is 1.00. The molecule has 0 radical (unpaired) electrons. The summed E-state index contributed by atoms with van der Waals surface area (Å²) in [6.07, 6.45) is 0. The molecule has 0 unspecified atom stereocenters. The van der Waals surface area contributed by atoms with Gasteiger partial charge in [0.15, 0.2) is 0 Å². The molecular weight excluding hydrogens is 281 g/mol. The van der Waals surface area contributed by atoms with Gasteiger partial charge in [-0.1, -0.05) is 46.4 Å². The molecule has 0 amide bonds. The van der Waals surface area contributed by atoms with Crippen molar-refractivity contribution in [2.24, 2.45) is 0 Å². The van der Waals surface area contributed by atoms with Crippen molar-refractivity contribution in [1.29, 1.82) is 0 Å². The second-order valence-electron chi connectivity index (χ2n) is 0.429. The lowest BCUT2D eigenvalue weighted by Gasteiger charge is -1.91. The van der Waals surface area contributed by atoms with Crippen molar-refractivity contribution in [3.05, 3.63) is 0 Å². The Morgan fingerprint density at radius 2 is 0.833 bits per heavy atom. The predicted molar refractivity (Wildman–Crippen MR) is 41.6 cm³/mol. The largest absolute Gasteiger partial charge is 0.266 e. The molecule has 0 atom stereocenters. The van der Waals surface area contributed by atoms with Crippen molar-refractivity contribution in [2.75, 3.05) is 0 Å². The molecule has 0 fully saturated rings. The number of halogens is 5. The maximum absolute atomic E-state index is 4.83. The zero-order chi connectivity index (χ0) is 4.50. The van der Waals surface area contributed by atoms with Crippen molar-refractivity contribution in [3.8, 4) is 0 Å². The highest BCUT2D eigenvalue weighted by atomic mass is 127. The summed E-state index contributed by atoms with van der Waals surface area (Å²) in [4.78, 5) is 0. The van der Waals surface area contributed by atoms with E-state index < -0.39 is 3.25 Å². The van der Waals surface area contributed by atoms with Gasteiger partial charge in [-0.25, -0.2) is 0 Å². The Balaban J connectivity index is 0. The molecule has 0 saturated heterocycles. The molecule has 0 aromatic rings. The van der Waals surface area contributed by atoms with Crippen LogP contribution in [0, 0.1) is 0 Å². The lowest BCUT2D eigenvalue weighted by Crippen LogP contribution is -1.81. The molecule has 0 aliphatic carbocycles. The van der Waals surface area contributed by atoms with Gasteiger partial charge in [-0.05, 0) is 0 Å². The summed E-state index contributed by atoms with van der Waals surface area (Å²) in [5.74, 6) is 0. The zero-order valence-electron chi connectivity index (χ0n) is 2.42. The first-order chi connectivity index (χ1) is 2.00. The first-order valence-corrected chi connectivity index (χ1v) is 2.27. The maximum Gasteiger partial charge on any atom is 0.266 e. The Morgan fingerprint density at radius 3 is 0.833 bits per heavy atom. The smallest absolute Gasteiger partial charge is 0.107 e. The van der Waals surface area contributed by atoms with Crippen LogP contribution >= 0.6 is 70.4 Å². The van der Waals surface area contributed by atoms with E-state index in [1.54, 1.807) is 0 Å². The fourth-order valence-electron chi connectivity index (χ4n) is 0. The molecular formula is CHCl4I. The van der Waals surface area contributed by atoms with E-state index in [1.165, 1.54) is 0 Å². The van der Waals surface area contributed by atoms with Crippen LogP contribution in [0.3, 0.4) is 0 Å². The number of rotatable bonds is 0. The first kappa shape index (κ1) is 10.8. The van der Waals surface area contributed by atoms with E-state index in [0.29, 0.717) is 0 Å². The SMILES string of the molecule is ClC(Cl)(Cl)Cl.I. The third-order valence-corrected chi connectivity index (χ3v) is 0. The summed E-state index contributed by atoms with van der Waals surface area (Å²) in [5, 5.41) is 0. The van der Waals surface area contributed by atoms with E-state index in [2.05, 4.69) is 0 Å². The highest BCUT2D eigenvalue weighted by molar-refractivity contribution is 14.0. The Morgan fingerprint density at radius 1 is 0.833 bits per heavy atom. The van der Waals surface area contributed by atoms with Crippen molar-refractivity contribution < 1.29 is 0 Å². The van der Waals surface area contributed by atoms with E-state index in [4.69, 9.17) is 46.4 Å². The average Bonchev–Trinajstić information content (AvgIpc) is 0.722. The van der Waals surface area contributed by atoms with Crippen LogP contribution in [-0.4, -0.2) is 3.25 Å². The third-order valence-electron chi connectivity index (χ3n) is 0.